The summed E-state index contributed by atoms with van der Waals surface area (Å²) in [7, 11) is 0. The molecule has 16 heavy (non-hydrogen) atoms. The van der Waals surface area contributed by atoms with Crippen molar-refractivity contribution in [2.75, 3.05) is 0 Å². The number of aryl methyl sites for hydroxylation is 1. The molecule has 1 heterocycles. The van der Waals surface area contributed by atoms with E-state index in [0.29, 0.717) is 0 Å². The molecular formula is C13H15ClN2. The summed E-state index contributed by atoms with van der Waals surface area (Å²) in [6, 6.07) is 10.3. The lowest BCUT2D eigenvalue weighted by Crippen LogP contribution is -1.90. The lowest BCUT2D eigenvalue weighted by atomic mass is 10.1. The zero-order valence-corrected chi connectivity index (χ0v) is 10.1. The van der Waals surface area contributed by atoms with Crippen LogP contribution in [0.15, 0.2) is 36.9 Å². The van der Waals surface area contributed by atoms with Crippen molar-refractivity contribution < 1.29 is 0 Å². The van der Waals surface area contributed by atoms with Gasteiger partial charge in [-0.2, -0.15) is 0 Å². The molecule has 0 spiro atoms. The number of rotatable bonds is 3. The zero-order chi connectivity index (χ0) is 10.7. The van der Waals surface area contributed by atoms with E-state index in [1.54, 1.807) is 6.08 Å². The Morgan fingerprint density at radius 1 is 1.31 bits per heavy atom. The third-order valence-electron chi connectivity index (χ3n) is 2.35. The third-order valence-corrected chi connectivity index (χ3v) is 2.35. The summed E-state index contributed by atoms with van der Waals surface area (Å²) in [6.07, 6.45) is 2.67. The number of aromatic nitrogens is 2. The molecule has 0 fully saturated rings. The van der Waals surface area contributed by atoms with Gasteiger partial charge in [-0.15, -0.1) is 12.4 Å². The number of nitrogens with one attached hydrogen (secondary N) is 1. The molecule has 2 rings (SSSR count). The lowest BCUT2D eigenvalue weighted by molar-refractivity contribution is 1.07. The van der Waals surface area contributed by atoms with Crippen LogP contribution in [0.3, 0.4) is 0 Å². The number of imidazole rings is 1. The van der Waals surface area contributed by atoms with Crippen LogP contribution >= 0.6 is 12.4 Å². The minimum Gasteiger partial charge on any atom is -0.345 e. The Morgan fingerprint density at radius 2 is 2.00 bits per heavy atom. The van der Waals surface area contributed by atoms with E-state index in [1.807, 2.05) is 25.1 Å². The molecule has 1 aromatic heterocycles. The fraction of sp³-hybridized carbons (Fsp3) is 0.154. The van der Waals surface area contributed by atoms with Crippen LogP contribution in [0.2, 0.25) is 0 Å². The van der Waals surface area contributed by atoms with Gasteiger partial charge in [-0.1, -0.05) is 36.9 Å². The van der Waals surface area contributed by atoms with Gasteiger partial charge in [-0.3, -0.25) is 0 Å². The number of aromatic amines is 1. The van der Waals surface area contributed by atoms with Crippen molar-refractivity contribution in [2.24, 2.45) is 0 Å². The molecule has 0 aliphatic heterocycles. The summed E-state index contributed by atoms with van der Waals surface area (Å²) in [5.41, 5.74) is 3.37. The van der Waals surface area contributed by atoms with Gasteiger partial charge >= 0.3 is 0 Å². The monoisotopic (exact) mass is 234 g/mol. The average Bonchev–Trinajstić information content (AvgIpc) is 2.60. The van der Waals surface area contributed by atoms with Crippen LogP contribution in [0.4, 0.5) is 0 Å². The van der Waals surface area contributed by atoms with Crippen LogP contribution in [0.1, 0.15) is 22.8 Å². The molecule has 0 amide bonds. The summed E-state index contributed by atoms with van der Waals surface area (Å²) >= 11 is 0. The van der Waals surface area contributed by atoms with Crippen molar-refractivity contribution in [3.8, 4) is 0 Å². The van der Waals surface area contributed by atoms with Crippen LogP contribution < -0.4 is 0 Å². The largest absolute Gasteiger partial charge is 0.345 e. The minimum atomic E-state index is 0. The molecule has 0 bridgehead atoms. The summed E-state index contributed by atoms with van der Waals surface area (Å²) in [5.74, 6) is 0.941. The molecule has 1 N–H and O–H groups in total. The van der Waals surface area contributed by atoms with E-state index < -0.39 is 0 Å². The predicted octanol–water partition coefficient (Wildman–Crippen LogP) is 3.37. The molecule has 84 valence electrons. The van der Waals surface area contributed by atoms with Crippen molar-refractivity contribution in [2.45, 2.75) is 13.3 Å². The van der Waals surface area contributed by atoms with Gasteiger partial charge in [-0.25, -0.2) is 4.98 Å². The van der Waals surface area contributed by atoms with E-state index in [4.69, 9.17) is 0 Å². The summed E-state index contributed by atoms with van der Waals surface area (Å²) in [4.78, 5) is 7.61. The van der Waals surface area contributed by atoms with E-state index in [-0.39, 0.29) is 12.4 Å². The maximum atomic E-state index is 4.35. The fourth-order valence-corrected chi connectivity index (χ4v) is 1.66. The second kappa shape index (κ2) is 5.52. The number of H-pyrrole nitrogens is 1. The molecule has 1 aromatic carbocycles. The number of hydrogen-bond donors (Lipinski definition) is 1. The quantitative estimate of drug-likeness (QED) is 0.867. The van der Waals surface area contributed by atoms with Gasteiger partial charge in [-0.05, 0) is 18.6 Å². The Balaban J connectivity index is 0.00000128. The van der Waals surface area contributed by atoms with E-state index in [9.17, 15) is 0 Å². The molecule has 0 saturated carbocycles. The van der Waals surface area contributed by atoms with Crippen LogP contribution in [0.5, 0.6) is 0 Å². The van der Waals surface area contributed by atoms with Gasteiger partial charge in [0.05, 0.1) is 5.69 Å². The van der Waals surface area contributed by atoms with E-state index in [1.165, 1.54) is 5.56 Å². The second-order valence-corrected chi connectivity index (χ2v) is 3.55. The second-order valence-electron chi connectivity index (χ2n) is 3.55. The molecular weight excluding hydrogens is 220 g/mol. The molecule has 0 aliphatic carbocycles. The van der Waals surface area contributed by atoms with Crippen molar-refractivity contribution >= 4 is 18.5 Å². The first kappa shape index (κ1) is 12.5. The van der Waals surface area contributed by atoms with E-state index in [2.05, 4.69) is 28.7 Å². The Hall–Kier alpha value is -1.54. The normalized spacial score (nSPS) is 9.56. The zero-order valence-electron chi connectivity index (χ0n) is 9.23. The Kier molecular flexibility index (Phi) is 4.32. The van der Waals surface area contributed by atoms with Crippen molar-refractivity contribution in [1.29, 1.82) is 0 Å². The Labute approximate surface area is 102 Å². The molecule has 0 atom stereocenters. The highest BCUT2D eigenvalue weighted by Crippen LogP contribution is 2.12. The minimum absolute atomic E-state index is 0. The third kappa shape index (κ3) is 2.74. The van der Waals surface area contributed by atoms with Crippen molar-refractivity contribution in [3.05, 3.63) is 59.7 Å². The number of halogens is 1. The van der Waals surface area contributed by atoms with Crippen LogP contribution in [0.25, 0.3) is 6.08 Å². The summed E-state index contributed by atoms with van der Waals surface area (Å²) in [6.45, 7) is 5.72. The predicted molar refractivity (Wildman–Crippen MR) is 69.9 cm³/mol. The molecule has 2 nitrogen and oxygen atoms in total. The van der Waals surface area contributed by atoms with Gasteiger partial charge in [0.15, 0.2) is 0 Å². The van der Waals surface area contributed by atoms with Crippen LogP contribution in [-0.2, 0) is 6.42 Å². The van der Waals surface area contributed by atoms with Crippen LogP contribution in [-0.4, -0.2) is 9.97 Å². The van der Waals surface area contributed by atoms with E-state index in [0.717, 1.165) is 23.6 Å². The molecule has 0 aliphatic rings. The maximum Gasteiger partial charge on any atom is 0.103 e. The molecule has 2 aromatic rings. The summed E-state index contributed by atoms with van der Waals surface area (Å²) < 4.78 is 0. The number of benzene rings is 1. The maximum absolute atomic E-state index is 4.35. The number of nitrogens with zero attached hydrogens (tertiary/aromatic N) is 1. The highest BCUT2D eigenvalue weighted by molar-refractivity contribution is 5.85. The van der Waals surface area contributed by atoms with E-state index >= 15 is 0 Å². The average molecular weight is 235 g/mol. The standard InChI is InChI=1S/C13H14N2.ClH/c1-3-12-13(15-10(2)14-12)9-11-7-5-4-6-8-11;/h3-8H,1,9H2,2H3,(H,14,15);1H. The SMILES string of the molecule is C=Cc1nc(C)[nH]c1Cc1ccccc1.Cl. The lowest BCUT2D eigenvalue weighted by Gasteiger charge is -1.99. The Morgan fingerprint density at radius 3 is 2.62 bits per heavy atom. The van der Waals surface area contributed by atoms with Crippen LogP contribution in [0, 0.1) is 6.92 Å². The van der Waals surface area contributed by atoms with Gasteiger partial charge in [0.1, 0.15) is 5.82 Å². The van der Waals surface area contributed by atoms with Gasteiger partial charge in [0.2, 0.25) is 0 Å². The van der Waals surface area contributed by atoms with Crippen molar-refractivity contribution in [3.63, 3.8) is 0 Å². The summed E-state index contributed by atoms with van der Waals surface area (Å²) in [5, 5.41) is 0. The molecule has 0 unspecified atom stereocenters. The molecule has 0 radical (unpaired) electrons. The first-order valence-electron chi connectivity index (χ1n) is 5.01. The molecule has 3 heteroatoms. The Bertz CT molecular complexity index is 460. The topological polar surface area (TPSA) is 28.7 Å². The number of hydrogen-bond acceptors (Lipinski definition) is 1. The first-order valence-corrected chi connectivity index (χ1v) is 5.01. The fourth-order valence-electron chi connectivity index (χ4n) is 1.66. The smallest absolute Gasteiger partial charge is 0.103 e. The van der Waals surface area contributed by atoms with Gasteiger partial charge in [0, 0.05) is 12.1 Å². The van der Waals surface area contributed by atoms with Crippen molar-refractivity contribution in [1.82, 2.24) is 9.97 Å². The van der Waals surface area contributed by atoms with Gasteiger partial charge < -0.3 is 4.98 Å². The highest BCUT2D eigenvalue weighted by atomic mass is 35.5. The molecule has 0 saturated heterocycles. The van der Waals surface area contributed by atoms with Gasteiger partial charge in [0.25, 0.3) is 0 Å². The first-order chi connectivity index (χ1) is 7.29. The highest BCUT2D eigenvalue weighted by Gasteiger charge is 2.05.